The van der Waals surface area contributed by atoms with Crippen LogP contribution >= 0.6 is 23.4 Å². The van der Waals surface area contributed by atoms with Gasteiger partial charge in [0, 0.05) is 9.92 Å². The zero-order valence-electron chi connectivity index (χ0n) is 11.2. The monoisotopic (exact) mass is 291 g/mol. The van der Waals surface area contributed by atoms with Gasteiger partial charge >= 0.3 is 0 Å². The molecule has 0 bridgehead atoms. The van der Waals surface area contributed by atoms with Crippen LogP contribution in [-0.2, 0) is 0 Å². The fourth-order valence-electron chi connectivity index (χ4n) is 1.93. The molecular weight excluding hydrogens is 274 g/mol. The van der Waals surface area contributed by atoms with Crippen LogP contribution in [-0.4, -0.2) is 5.75 Å². The summed E-state index contributed by atoms with van der Waals surface area (Å²) in [5, 5.41) is 0.770. The molecule has 0 aliphatic heterocycles. The van der Waals surface area contributed by atoms with Crippen molar-refractivity contribution in [3.8, 4) is 0 Å². The van der Waals surface area contributed by atoms with E-state index in [0.717, 1.165) is 27.5 Å². The summed E-state index contributed by atoms with van der Waals surface area (Å²) in [4.78, 5) is 1.28. The first-order chi connectivity index (χ1) is 9.11. The van der Waals surface area contributed by atoms with Gasteiger partial charge in [0.05, 0.1) is 6.04 Å². The fourth-order valence-corrected chi connectivity index (χ4v) is 2.78. The molecule has 3 heteroatoms. The van der Waals surface area contributed by atoms with Crippen LogP contribution in [0.4, 0.5) is 0 Å². The van der Waals surface area contributed by atoms with Crippen LogP contribution in [0.3, 0.4) is 0 Å². The van der Waals surface area contributed by atoms with Crippen molar-refractivity contribution in [2.75, 3.05) is 5.75 Å². The number of benzene rings is 2. The molecule has 0 amide bonds. The highest BCUT2D eigenvalue weighted by Gasteiger charge is 2.10. The fraction of sp³-hybridized carbons (Fsp3) is 0.250. The summed E-state index contributed by atoms with van der Waals surface area (Å²) >= 11 is 7.99. The first-order valence-electron chi connectivity index (χ1n) is 6.36. The zero-order chi connectivity index (χ0) is 13.8. The lowest BCUT2D eigenvalue weighted by atomic mass is 9.99. The number of aryl methyl sites for hydroxylation is 1. The Balaban J connectivity index is 2.22. The van der Waals surface area contributed by atoms with Gasteiger partial charge in [-0.2, -0.15) is 0 Å². The van der Waals surface area contributed by atoms with Gasteiger partial charge in [-0.05, 0) is 47.6 Å². The van der Waals surface area contributed by atoms with Crippen LogP contribution in [0, 0.1) is 6.92 Å². The summed E-state index contributed by atoms with van der Waals surface area (Å²) in [6.07, 6.45) is 0. The number of hydrogen-bond donors (Lipinski definition) is 1. The van der Waals surface area contributed by atoms with Crippen LogP contribution in [0.2, 0.25) is 5.02 Å². The second-order valence-electron chi connectivity index (χ2n) is 4.49. The Hall–Kier alpha value is -0.960. The van der Waals surface area contributed by atoms with E-state index in [4.69, 9.17) is 17.3 Å². The maximum absolute atomic E-state index is 6.29. The maximum Gasteiger partial charge on any atom is 0.0552 e. The summed E-state index contributed by atoms with van der Waals surface area (Å²) in [5.74, 6) is 1.08. The van der Waals surface area contributed by atoms with E-state index >= 15 is 0 Å². The van der Waals surface area contributed by atoms with E-state index < -0.39 is 0 Å². The molecule has 0 saturated heterocycles. The molecule has 0 fully saturated rings. The lowest BCUT2D eigenvalue weighted by molar-refractivity contribution is 0.869. The second kappa shape index (κ2) is 6.47. The van der Waals surface area contributed by atoms with Crippen molar-refractivity contribution in [3.05, 3.63) is 64.2 Å². The Morgan fingerprint density at radius 2 is 1.74 bits per heavy atom. The van der Waals surface area contributed by atoms with Gasteiger partial charge in [-0.15, -0.1) is 11.8 Å². The lowest BCUT2D eigenvalue weighted by Crippen LogP contribution is -2.11. The highest BCUT2D eigenvalue weighted by Crippen LogP contribution is 2.26. The van der Waals surface area contributed by atoms with Crippen molar-refractivity contribution in [1.82, 2.24) is 0 Å². The minimum absolute atomic E-state index is 0.126. The van der Waals surface area contributed by atoms with Crippen molar-refractivity contribution in [1.29, 1.82) is 0 Å². The molecular formula is C16H18ClNS. The van der Waals surface area contributed by atoms with Gasteiger partial charge in [0.15, 0.2) is 0 Å². The Morgan fingerprint density at radius 1 is 1.11 bits per heavy atom. The summed E-state index contributed by atoms with van der Waals surface area (Å²) < 4.78 is 0. The van der Waals surface area contributed by atoms with Crippen LogP contribution in [0.5, 0.6) is 0 Å². The van der Waals surface area contributed by atoms with E-state index in [-0.39, 0.29) is 6.04 Å². The SMILES string of the molecule is CCSc1ccc(C(N)c2ccc(C)c(Cl)c2)cc1. The van der Waals surface area contributed by atoms with Gasteiger partial charge in [0.2, 0.25) is 0 Å². The number of halogens is 1. The Labute approximate surface area is 124 Å². The first kappa shape index (κ1) is 14.4. The second-order valence-corrected chi connectivity index (χ2v) is 6.23. The first-order valence-corrected chi connectivity index (χ1v) is 7.72. The zero-order valence-corrected chi connectivity index (χ0v) is 12.8. The summed E-state index contributed by atoms with van der Waals surface area (Å²) in [6, 6.07) is 14.3. The van der Waals surface area contributed by atoms with Crippen molar-refractivity contribution in [3.63, 3.8) is 0 Å². The molecule has 19 heavy (non-hydrogen) atoms. The van der Waals surface area contributed by atoms with Crippen LogP contribution < -0.4 is 5.73 Å². The topological polar surface area (TPSA) is 26.0 Å². The van der Waals surface area contributed by atoms with Crippen molar-refractivity contribution < 1.29 is 0 Å². The van der Waals surface area contributed by atoms with Gasteiger partial charge < -0.3 is 5.73 Å². The van der Waals surface area contributed by atoms with Crippen LogP contribution in [0.25, 0.3) is 0 Å². The Bertz CT molecular complexity index is 551. The summed E-state index contributed by atoms with van der Waals surface area (Å²) in [7, 11) is 0. The van der Waals surface area contributed by atoms with Gasteiger partial charge in [0.25, 0.3) is 0 Å². The molecule has 100 valence electrons. The molecule has 2 N–H and O–H groups in total. The Morgan fingerprint density at radius 3 is 2.32 bits per heavy atom. The molecule has 2 aromatic carbocycles. The quantitative estimate of drug-likeness (QED) is 0.818. The molecule has 0 aromatic heterocycles. The highest BCUT2D eigenvalue weighted by atomic mass is 35.5. The number of hydrogen-bond acceptors (Lipinski definition) is 2. The van der Waals surface area contributed by atoms with E-state index in [9.17, 15) is 0 Å². The van der Waals surface area contributed by atoms with E-state index in [1.807, 2.05) is 36.9 Å². The van der Waals surface area contributed by atoms with Gasteiger partial charge in [0.1, 0.15) is 0 Å². The minimum Gasteiger partial charge on any atom is -0.320 e. The molecule has 1 unspecified atom stereocenters. The van der Waals surface area contributed by atoms with E-state index in [1.165, 1.54) is 4.90 Å². The molecule has 0 heterocycles. The predicted molar refractivity (Wildman–Crippen MR) is 85.1 cm³/mol. The molecule has 0 aliphatic carbocycles. The van der Waals surface area contributed by atoms with E-state index in [0.29, 0.717) is 0 Å². The molecule has 1 nitrogen and oxygen atoms in total. The lowest BCUT2D eigenvalue weighted by Gasteiger charge is -2.14. The van der Waals surface area contributed by atoms with E-state index in [2.05, 4.69) is 31.2 Å². The average Bonchev–Trinajstić information content (AvgIpc) is 2.42. The van der Waals surface area contributed by atoms with Gasteiger partial charge in [-0.1, -0.05) is 42.8 Å². The Kier molecular flexibility index (Phi) is 4.92. The average molecular weight is 292 g/mol. The number of rotatable bonds is 4. The third kappa shape index (κ3) is 3.53. The minimum atomic E-state index is -0.126. The van der Waals surface area contributed by atoms with Crippen LogP contribution in [0.1, 0.15) is 29.7 Å². The number of thioether (sulfide) groups is 1. The standard InChI is InChI=1S/C16H18ClNS/c1-3-19-14-8-6-12(7-9-14)16(18)13-5-4-11(2)15(17)10-13/h4-10,16H,3,18H2,1-2H3. The smallest absolute Gasteiger partial charge is 0.0552 e. The molecule has 0 saturated carbocycles. The molecule has 1 atom stereocenters. The maximum atomic E-state index is 6.29. The molecule has 2 aromatic rings. The van der Waals surface area contributed by atoms with Gasteiger partial charge in [-0.25, -0.2) is 0 Å². The number of nitrogens with two attached hydrogens (primary N) is 1. The molecule has 0 aliphatic rings. The highest BCUT2D eigenvalue weighted by molar-refractivity contribution is 7.99. The largest absolute Gasteiger partial charge is 0.320 e. The third-order valence-corrected chi connectivity index (χ3v) is 4.41. The van der Waals surface area contributed by atoms with Crippen molar-refractivity contribution >= 4 is 23.4 Å². The molecule has 0 spiro atoms. The summed E-state index contributed by atoms with van der Waals surface area (Å²) in [6.45, 7) is 4.15. The molecule has 2 rings (SSSR count). The normalized spacial score (nSPS) is 12.4. The van der Waals surface area contributed by atoms with E-state index in [1.54, 1.807) is 0 Å². The molecule has 0 radical (unpaired) electrons. The third-order valence-electron chi connectivity index (χ3n) is 3.11. The predicted octanol–water partition coefficient (Wildman–Crippen LogP) is 4.81. The van der Waals surface area contributed by atoms with Crippen molar-refractivity contribution in [2.24, 2.45) is 5.73 Å². The summed E-state index contributed by atoms with van der Waals surface area (Å²) in [5.41, 5.74) is 9.53. The van der Waals surface area contributed by atoms with Gasteiger partial charge in [-0.3, -0.25) is 0 Å². The van der Waals surface area contributed by atoms with Crippen molar-refractivity contribution in [2.45, 2.75) is 24.8 Å². The van der Waals surface area contributed by atoms with Crippen LogP contribution in [0.15, 0.2) is 47.4 Å².